The molecule has 4 aromatic rings. The van der Waals surface area contributed by atoms with Crippen molar-refractivity contribution in [2.24, 2.45) is 0 Å². The summed E-state index contributed by atoms with van der Waals surface area (Å²) in [6.45, 7) is 0.992. The summed E-state index contributed by atoms with van der Waals surface area (Å²) in [4.78, 5) is 27.3. The molecule has 0 radical (unpaired) electrons. The van der Waals surface area contributed by atoms with Gasteiger partial charge >= 0.3 is 0 Å². The molecule has 10 heteroatoms. The highest BCUT2D eigenvalue weighted by atomic mass is 35.5. The fourth-order valence-electron chi connectivity index (χ4n) is 3.91. The quantitative estimate of drug-likeness (QED) is 0.431. The Labute approximate surface area is 201 Å². The third-order valence-corrected chi connectivity index (χ3v) is 7.90. The molecule has 0 spiro atoms. The molecular weight excluding hydrogens is 474 g/mol. The fraction of sp³-hybridized carbons (Fsp3) is 0.167. The van der Waals surface area contributed by atoms with Crippen LogP contribution in [-0.4, -0.2) is 64.7 Å². The average molecular weight is 494 g/mol. The lowest BCUT2D eigenvalue weighted by Crippen LogP contribution is -2.50. The smallest absolute Gasteiger partial charge is 0.257 e. The lowest BCUT2D eigenvalue weighted by molar-refractivity contribution is 0.0697. The number of halogens is 1. The summed E-state index contributed by atoms with van der Waals surface area (Å²) in [6.07, 6.45) is 6.29. The summed E-state index contributed by atoms with van der Waals surface area (Å²) in [5.41, 5.74) is 1.17. The molecule has 0 bridgehead atoms. The number of nitrogens with zero attached hydrogens (tertiary/aromatic N) is 5. The molecule has 1 saturated heterocycles. The van der Waals surface area contributed by atoms with E-state index < -0.39 is 10.0 Å². The van der Waals surface area contributed by atoms with E-state index in [2.05, 4.69) is 15.0 Å². The summed E-state index contributed by atoms with van der Waals surface area (Å²) in [6, 6.07) is 13.9. The Hall–Kier alpha value is -3.40. The molecule has 8 nitrogen and oxygen atoms in total. The van der Waals surface area contributed by atoms with E-state index in [9.17, 15) is 13.2 Å². The molecule has 2 aromatic carbocycles. The first-order chi connectivity index (χ1) is 16.4. The van der Waals surface area contributed by atoms with Crippen molar-refractivity contribution >= 4 is 38.3 Å². The molecule has 0 unspecified atom stereocenters. The number of sulfonamides is 1. The number of carbonyl (C=O) groups excluding carboxylic acids is 1. The zero-order valence-electron chi connectivity index (χ0n) is 18.0. The lowest BCUT2D eigenvalue weighted by atomic mass is 10.1. The van der Waals surface area contributed by atoms with Crippen LogP contribution in [0.2, 0.25) is 5.02 Å². The number of hydrogen-bond acceptors (Lipinski definition) is 6. The van der Waals surface area contributed by atoms with Crippen molar-refractivity contribution in [2.75, 3.05) is 26.2 Å². The summed E-state index contributed by atoms with van der Waals surface area (Å²) < 4.78 is 27.8. The van der Waals surface area contributed by atoms with Crippen molar-refractivity contribution < 1.29 is 13.2 Å². The summed E-state index contributed by atoms with van der Waals surface area (Å²) >= 11 is 6.02. The first-order valence-corrected chi connectivity index (χ1v) is 12.4. The van der Waals surface area contributed by atoms with E-state index in [1.165, 1.54) is 16.7 Å². The highest BCUT2D eigenvalue weighted by Crippen LogP contribution is 2.25. The molecule has 0 aliphatic carbocycles. The van der Waals surface area contributed by atoms with Gasteiger partial charge in [0.25, 0.3) is 5.91 Å². The van der Waals surface area contributed by atoms with Crippen molar-refractivity contribution in [3.8, 4) is 11.4 Å². The number of carbonyl (C=O) groups is 1. The Balaban J connectivity index is 1.27. The van der Waals surface area contributed by atoms with Crippen LogP contribution in [0.3, 0.4) is 0 Å². The molecule has 1 aliphatic rings. The van der Waals surface area contributed by atoms with E-state index in [0.717, 1.165) is 16.3 Å². The van der Waals surface area contributed by atoms with Crippen LogP contribution in [0.15, 0.2) is 78.2 Å². The first-order valence-electron chi connectivity index (χ1n) is 10.6. The van der Waals surface area contributed by atoms with Crippen molar-refractivity contribution in [3.63, 3.8) is 0 Å². The van der Waals surface area contributed by atoms with Gasteiger partial charge in [-0.3, -0.25) is 9.78 Å². The standard InChI is InChI=1S/C24H20ClN5O3S/c25-21-3-1-19-14-22(4-2-18(19)13-21)34(32,33)30-11-9-29(10-12-30)24(31)20-15-27-23(28-16-20)17-5-7-26-8-6-17/h1-8,13-16H,9-12H2. The number of benzene rings is 2. The Kier molecular flexibility index (Phi) is 5.99. The topological polar surface area (TPSA) is 96.4 Å². The number of amides is 1. The Bertz CT molecular complexity index is 1460. The number of fused-ring (bicyclic) bond motifs is 1. The summed E-state index contributed by atoms with van der Waals surface area (Å²) in [5.74, 6) is 0.286. The van der Waals surface area contributed by atoms with Crippen LogP contribution in [0.4, 0.5) is 0 Å². The van der Waals surface area contributed by atoms with Crippen molar-refractivity contribution in [1.82, 2.24) is 24.2 Å². The SMILES string of the molecule is O=C(c1cnc(-c2ccncc2)nc1)N1CCN(S(=O)(=O)c2ccc3cc(Cl)ccc3c2)CC1. The van der Waals surface area contributed by atoms with Gasteiger partial charge in [-0.25, -0.2) is 18.4 Å². The molecule has 34 heavy (non-hydrogen) atoms. The molecule has 2 aromatic heterocycles. The molecule has 172 valence electrons. The molecule has 0 N–H and O–H groups in total. The molecule has 0 saturated carbocycles. The number of aromatic nitrogens is 3. The van der Waals surface area contributed by atoms with Crippen molar-refractivity contribution in [2.45, 2.75) is 4.90 Å². The molecule has 1 aliphatic heterocycles. The predicted molar refractivity (Wildman–Crippen MR) is 129 cm³/mol. The second-order valence-corrected chi connectivity index (χ2v) is 10.3. The largest absolute Gasteiger partial charge is 0.336 e. The average Bonchev–Trinajstić information content (AvgIpc) is 2.88. The summed E-state index contributed by atoms with van der Waals surface area (Å²) in [7, 11) is -3.68. The molecular formula is C24H20ClN5O3S. The monoisotopic (exact) mass is 493 g/mol. The van der Waals surface area contributed by atoms with Gasteiger partial charge in [0.05, 0.1) is 10.5 Å². The minimum Gasteiger partial charge on any atom is -0.336 e. The van der Waals surface area contributed by atoms with E-state index in [4.69, 9.17) is 11.6 Å². The third kappa shape index (κ3) is 4.37. The van der Waals surface area contributed by atoms with Crippen LogP contribution in [-0.2, 0) is 10.0 Å². The molecule has 3 heterocycles. The second kappa shape index (κ2) is 9.09. The van der Waals surface area contributed by atoms with E-state index in [1.54, 1.807) is 65.8 Å². The number of rotatable bonds is 4. The highest BCUT2D eigenvalue weighted by Gasteiger charge is 2.30. The fourth-order valence-corrected chi connectivity index (χ4v) is 5.55. The Morgan fingerprint density at radius 1 is 0.853 bits per heavy atom. The van der Waals surface area contributed by atoms with Gasteiger partial charge in [0, 0.05) is 61.6 Å². The van der Waals surface area contributed by atoms with Gasteiger partial charge in [0.15, 0.2) is 5.82 Å². The van der Waals surface area contributed by atoms with Gasteiger partial charge in [-0.2, -0.15) is 4.31 Å². The van der Waals surface area contributed by atoms with Gasteiger partial charge in [0.2, 0.25) is 10.0 Å². The highest BCUT2D eigenvalue weighted by molar-refractivity contribution is 7.89. The molecule has 1 fully saturated rings. The maximum absolute atomic E-state index is 13.2. The lowest BCUT2D eigenvalue weighted by Gasteiger charge is -2.34. The number of piperazine rings is 1. The first kappa shape index (κ1) is 22.4. The maximum atomic E-state index is 13.2. The van der Waals surface area contributed by atoms with Crippen LogP contribution < -0.4 is 0 Å². The minimum absolute atomic E-state index is 0.211. The van der Waals surface area contributed by atoms with E-state index in [0.29, 0.717) is 16.4 Å². The van der Waals surface area contributed by atoms with Gasteiger partial charge in [-0.15, -0.1) is 0 Å². The Morgan fingerprint density at radius 2 is 1.50 bits per heavy atom. The predicted octanol–water partition coefficient (Wildman–Crippen LogP) is 3.49. The van der Waals surface area contributed by atoms with Crippen LogP contribution >= 0.6 is 11.6 Å². The van der Waals surface area contributed by atoms with Gasteiger partial charge in [-0.1, -0.05) is 23.7 Å². The van der Waals surface area contributed by atoms with Crippen LogP contribution in [0.25, 0.3) is 22.2 Å². The van der Waals surface area contributed by atoms with E-state index >= 15 is 0 Å². The van der Waals surface area contributed by atoms with Gasteiger partial charge < -0.3 is 4.90 Å². The molecule has 1 amide bonds. The van der Waals surface area contributed by atoms with Gasteiger partial charge in [-0.05, 0) is 47.2 Å². The van der Waals surface area contributed by atoms with E-state index in [-0.39, 0.29) is 37.0 Å². The number of hydrogen-bond donors (Lipinski definition) is 0. The maximum Gasteiger partial charge on any atom is 0.257 e. The number of pyridine rings is 1. The minimum atomic E-state index is -3.68. The second-order valence-electron chi connectivity index (χ2n) is 7.88. The van der Waals surface area contributed by atoms with E-state index in [1.807, 2.05) is 0 Å². The van der Waals surface area contributed by atoms with Crippen LogP contribution in [0, 0.1) is 0 Å². The molecule has 0 atom stereocenters. The third-order valence-electron chi connectivity index (χ3n) is 5.77. The molecule has 5 rings (SSSR count). The van der Waals surface area contributed by atoms with Crippen molar-refractivity contribution in [3.05, 3.63) is 83.9 Å². The normalized spacial score (nSPS) is 14.9. The van der Waals surface area contributed by atoms with Crippen LogP contribution in [0.5, 0.6) is 0 Å². The zero-order valence-corrected chi connectivity index (χ0v) is 19.6. The van der Waals surface area contributed by atoms with Crippen LogP contribution in [0.1, 0.15) is 10.4 Å². The van der Waals surface area contributed by atoms with Gasteiger partial charge in [0.1, 0.15) is 0 Å². The summed E-state index contributed by atoms with van der Waals surface area (Å²) in [5, 5.41) is 2.27. The van der Waals surface area contributed by atoms with Crippen molar-refractivity contribution in [1.29, 1.82) is 0 Å². The Morgan fingerprint density at radius 3 is 2.21 bits per heavy atom. The zero-order chi connectivity index (χ0) is 23.7.